The molecule has 0 saturated heterocycles. The van der Waals surface area contributed by atoms with Gasteiger partial charge < -0.3 is 9.84 Å². The lowest BCUT2D eigenvalue weighted by atomic mass is 9.95. The number of rotatable bonds is 5. The first-order valence-corrected chi connectivity index (χ1v) is 11.2. The highest BCUT2D eigenvalue weighted by Gasteiger charge is 2.46. The summed E-state index contributed by atoms with van der Waals surface area (Å²) in [6.07, 6.45) is 0. The number of aromatic nitrogens is 1. The Morgan fingerprint density at radius 3 is 2.66 bits per heavy atom. The van der Waals surface area contributed by atoms with E-state index >= 15 is 0 Å². The monoisotopic (exact) mass is 466 g/mol. The molecule has 1 aliphatic heterocycles. The van der Waals surface area contributed by atoms with Gasteiger partial charge in [0.2, 0.25) is 5.78 Å². The van der Waals surface area contributed by atoms with Crippen LogP contribution in [0.1, 0.15) is 21.3 Å². The van der Waals surface area contributed by atoms with Gasteiger partial charge in [0, 0.05) is 0 Å². The molecule has 2 aromatic carbocycles. The van der Waals surface area contributed by atoms with Crippen LogP contribution < -0.4 is 9.64 Å². The number of amides is 1. The third-order valence-electron chi connectivity index (χ3n) is 5.17. The number of aliphatic hydroxyl groups is 1. The lowest BCUT2D eigenvalue weighted by Crippen LogP contribution is -2.30. The number of fused-ring (bicyclic) bond motifs is 1. The van der Waals surface area contributed by atoms with E-state index in [1.54, 1.807) is 42.8 Å². The number of carbonyl (C=O) groups is 2. The van der Waals surface area contributed by atoms with E-state index in [0.717, 1.165) is 4.70 Å². The molecule has 1 aliphatic rings. The Labute approximate surface area is 189 Å². The normalized spacial score (nSPS) is 16.2. The van der Waals surface area contributed by atoms with Crippen molar-refractivity contribution < 1.29 is 23.8 Å². The minimum absolute atomic E-state index is 0.0547. The molecule has 1 N–H and O–H groups in total. The topological polar surface area (TPSA) is 79.7 Å². The summed E-state index contributed by atoms with van der Waals surface area (Å²) in [5.74, 6) is -1.62. The molecule has 1 amide bonds. The molecular formula is C23H15FN2O4S2. The van der Waals surface area contributed by atoms with Gasteiger partial charge in [0.15, 0.2) is 10.9 Å². The molecule has 5 rings (SSSR count). The fourth-order valence-corrected chi connectivity index (χ4v) is 5.36. The van der Waals surface area contributed by atoms with Crippen molar-refractivity contribution in [2.24, 2.45) is 0 Å². The number of carbonyl (C=O) groups excluding carboxylic acids is 2. The number of nitrogens with zero attached hydrogens (tertiary/aromatic N) is 2. The van der Waals surface area contributed by atoms with E-state index in [2.05, 4.69) is 4.98 Å². The summed E-state index contributed by atoms with van der Waals surface area (Å²) in [6.45, 7) is 0. The fourth-order valence-electron chi connectivity index (χ4n) is 3.66. The van der Waals surface area contributed by atoms with Gasteiger partial charge >= 0.3 is 0 Å². The van der Waals surface area contributed by atoms with Gasteiger partial charge in [0.05, 0.1) is 33.8 Å². The number of thiazole rings is 1. The van der Waals surface area contributed by atoms with E-state index in [9.17, 15) is 19.1 Å². The molecule has 9 heteroatoms. The number of methoxy groups -OCH3 is 1. The maximum atomic E-state index is 13.6. The third-order valence-corrected chi connectivity index (χ3v) is 7.06. The lowest BCUT2D eigenvalue weighted by Gasteiger charge is -2.24. The maximum absolute atomic E-state index is 13.6. The summed E-state index contributed by atoms with van der Waals surface area (Å²) < 4.78 is 19.6. The van der Waals surface area contributed by atoms with Crippen molar-refractivity contribution >= 4 is 49.7 Å². The van der Waals surface area contributed by atoms with Crippen molar-refractivity contribution in [3.05, 3.63) is 87.6 Å². The highest BCUT2D eigenvalue weighted by Crippen LogP contribution is 2.44. The van der Waals surface area contributed by atoms with E-state index in [4.69, 9.17) is 4.74 Å². The molecule has 4 aromatic rings. The standard InChI is InChI=1S/C23H15FN2O4S2/c1-30-14-8-9-15-17(11-14)32-23(25-15)26-19(12-4-6-13(24)7-5-12)18(21(28)22(26)29)20(27)16-3-2-10-31-16/h2-11,19,28H,1H3/t19-/m1/s1. The largest absolute Gasteiger partial charge is 0.503 e. The third kappa shape index (κ3) is 3.26. The molecule has 0 saturated carbocycles. The summed E-state index contributed by atoms with van der Waals surface area (Å²) in [5.41, 5.74) is 1.08. The van der Waals surface area contributed by atoms with E-state index in [1.807, 2.05) is 0 Å². The van der Waals surface area contributed by atoms with Crippen LogP contribution >= 0.6 is 22.7 Å². The zero-order valence-corrected chi connectivity index (χ0v) is 18.2. The molecule has 6 nitrogen and oxygen atoms in total. The molecule has 32 heavy (non-hydrogen) atoms. The number of hydrogen-bond acceptors (Lipinski definition) is 7. The molecule has 160 valence electrons. The van der Waals surface area contributed by atoms with Gasteiger partial charge in [-0.25, -0.2) is 9.37 Å². The SMILES string of the molecule is COc1ccc2nc(N3C(=O)C(O)=C(C(=O)c4cccs4)[C@H]3c3ccc(F)cc3)sc2c1. The number of ketones is 1. The average Bonchev–Trinajstić information content (AvgIpc) is 3.52. The first-order valence-electron chi connectivity index (χ1n) is 9.53. The Bertz CT molecular complexity index is 1380. The summed E-state index contributed by atoms with van der Waals surface area (Å²) in [7, 11) is 1.56. The highest BCUT2D eigenvalue weighted by molar-refractivity contribution is 7.22. The Morgan fingerprint density at radius 2 is 1.97 bits per heavy atom. The van der Waals surface area contributed by atoms with Crippen LogP contribution in [0.2, 0.25) is 0 Å². The number of aliphatic hydroxyl groups excluding tert-OH is 1. The number of benzene rings is 2. The van der Waals surface area contributed by atoms with Gasteiger partial charge in [0.1, 0.15) is 11.6 Å². The predicted molar refractivity (Wildman–Crippen MR) is 121 cm³/mol. The van der Waals surface area contributed by atoms with Gasteiger partial charge in [-0.05, 0) is 47.3 Å². The summed E-state index contributed by atoms with van der Waals surface area (Å²) in [6, 6.07) is 13.2. The Balaban J connectivity index is 1.67. The maximum Gasteiger partial charge on any atom is 0.296 e. The summed E-state index contributed by atoms with van der Waals surface area (Å²) >= 11 is 2.45. The lowest BCUT2D eigenvalue weighted by molar-refractivity contribution is -0.117. The Hall–Kier alpha value is -3.56. The second-order valence-electron chi connectivity index (χ2n) is 7.03. The summed E-state index contributed by atoms with van der Waals surface area (Å²) in [4.78, 5) is 32.7. The molecule has 3 heterocycles. The number of Topliss-reactive ketones (excluding diaryl/α,β-unsaturated/α-hetero) is 1. The number of anilines is 1. The minimum atomic E-state index is -0.944. The molecule has 0 bridgehead atoms. The van der Waals surface area contributed by atoms with Crippen LogP contribution in [-0.4, -0.2) is 28.9 Å². The highest BCUT2D eigenvalue weighted by atomic mass is 32.1. The van der Waals surface area contributed by atoms with Crippen molar-refractivity contribution in [1.82, 2.24) is 4.98 Å². The number of halogens is 1. The molecule has 0 fully saturated rings. The van der Waals surface area contributed by atoms with Crippen molar-refractivity contribution in [3.63, 3.8) is 0 Å². The predicted octanol–water partition coefficient (Wildman–Crippen LogP) is 5.29. The van der Waals surface area contributed by atoms with Crippen LogP contribution in [0, 0.1) is 5.82 Å². The first kappa shape index (κ1) is 20.3. The molecule has 0 spiro atoms. The van der Waals surface area contributed by atoms with E-state index < -0.39 is 29.3 Å². The van der Waals surface area contributed by atoms with Crippen LogP contribution in [0.5, 0.6) is 5.75 Å². The zero-order chi connectivity index (χ0) is 22.4. The Morgan fingerprint density at radius 1 is 1.19 bits per heavy atom. The van der Waals surface area contributed by atoms with Gasteiger partial charge in [-0.2, -0.15) is 0 Å². The molecule has 0 unspecified atom stereocenters. The van der Waals surface area contributed by atoms with Crippen LogP contribution in [0.3, 0.4) is 0 Å². The van der Waals surface area contributed by atoms with Crippen molar-refractivity contribution in [2.75, 3.05) is 12.0 Å². The molecule has 1 atom stereocenters. The van der Waals surface area contributed by atoms with Crippen molar-refractivity contribution in [3.8, 4) is 5.75 Å². The molecule has 0 aliphatic carbocycles. The summed E-state index contributed by atoms with van der Waals surface area (Å²) in [5, 5.41) is 12.8. The van der Waals surface area contributed by atoms with Gasteiger partial charge in [-0.1, -0.05) is 29.5 Å². The molecular weight excluding hydrogens is 451 g/mol. The molecule has 0 radical (unpaired) electrons. The smallest absolute Gasteiger partial charge is 0.296 e. The van der Waals surface area contributed by atoms with Crippen molar-refractivity contribution in [1.29, 1.82) is 0 Å². The fraction of sp³-hybridized carbons (Fsp3) is 0.0870. The number of thiophene rings is 1. The number of hydrogen-bond donors (Lipinski definition) is 1. The minimum Gasteiger partial charge on any atom is -0.503 e. The van der Waals surface area contributed by atoms with E-state index in [1.165, 1.54) is 51.8 Å². The quantitative estimate of drug-likeness (QED) is 0.405. The van der Waals surface area contributed by atoms with Gasteiger partial charge in [-0.3, -0.25) is 14.5 Å². The average molecular weight is 467 g/mol. The van der Waals surface area contributed by atoms with E-state index in [0.29, 0.717) is 26.8 Å². The van der Waals surface area contributed by atoms with Crippen LogP contribution in [-0.2, 0) is 4.79 Å². The van der Waals surface area contributed by atoms with Crippen molar-refractivity contribution in [2.45, 2.75) is 6.04 Å². The molecule has 2 aromatic heterocycles. The van der Waals surface area contributed by atoms with Crippen LogP contribution in [0.25, 0.3) is 10.2 Å². The zero-order valence-electron chi connectivity index (χ0n) is 16.6. The number of ether oxygens (including phenoxy) is 1. The second-order valence-corrected chi connectivity index (χ2v) is 8.98. The first-order chi connectivity index (χ1) is 15.5. The van der Waals surface area contributed by atoms with Crippen LogP contribution in [0.4, 0.5) is 9.52 Å². The van der Waals surface area contributed by atoms with Crippen LogP contribution in [0.15, 0.2) is 71.3 Å². The Kier molecular flexibility index (Phi) is 4.99. The van der Waals surface area contributed by atoms with Gasteiger partial charge in [-0.15, -0.1) is 11.3 Å². The van der Waals surface area contributed by atoms with E-state index in [-0.39, 0.29) is 5.57 Å². The van der Waals surface area contributed by atoms with Gasteiger partial charge in [0.25, 0.3) is 5.91 Å². The second kappa shape index (κ2) is 7.85.